The third-order valence-corrected chi connectivity index (χ3v) is 3.41. The van der Waals surface area contributed by atoms with E-state index in [1.54, 1.807) is 25.3 Å². The smallest absolute Gasteiger partial charge is 0.249 e. The van der Waals surface area contributed by atoms with Crippen LogP contribution < -0.4 is 10.1 Å². The molecule has 4 nitrogen and oxygen atoms in total. The number of ether oxygens (including phenoxy) is 1. The molecule has 0 radical (unpaired) electrons. The lowest BCUT2D eigenvalue weighted by Gasteiger charge is -2.08. The summed E-state index contributed by atoms with van der Waals surface area (Å²) in [4.78, 5) is 15.9. The number of nitrogens with zero attached hydrogens (tertiary/aromatic N) is 1. The summed E-state index contributed by atoms with van der Waals surface area (Å²) in [5.41, 5.74) is 3.09. The van der Waals surface area contributed by atoms with E-state index in [0.717, 1.165) is 22.4 Å². The first-order chi connectivity index (χ1) is 10.5. The maximum absolute atomic E-state index is 11.9. The van der Waals surface area contributed by atoms with Gasteiger partial charge in [-0.25, -0.2) is 4.98 Å². The van der Waals surface area contributed by atoms with Crippen LogP contribution in [0.3, 0.4) is 0 Å². The molecule has 0 spiro atoms. The maximum Gasteiger partial charge on any atom is 0.249 e. The quantitative estimate of drug-likeness (QED) is 0.867. The number of aryl methyl sites for hydroxylation is 2. The van der Waals surface area contributed by atoms with Crippen LogP contribution in [0.5, 0.6) is 5.75 Å². The van der Waals surface area contributed by atoms with E-state index in [0.29, 0.717) is 10.8 Å². The minimum Gasteiger partial charge on any atom is -0.497 e. The number of nitrogens with one attached hydrogen (secondary N) is 1. The second kappa shape index (κ2) is 7.09. The molecule has 0 atom stereocenters. The lowest BCUT2D eigenvalue weighted by molar-refractivity contribution is -0.111. The van der Waals surface area contributed by atoms with Crippen molar-refractivity contribution in [2.75, 3.05) is 12.4 Å². The molecule has 1 N–H and O–H groups in total. The molecule has 1 heterocycles. The van der Waals surface area contributed by atoms with E-state index in [-0.39, 0.29) is 5.91 Å². The molecule has 0 saturated heterocycles. The van der Waals surface area contributed by atoms with Gasteiger partial charge in [0.2, 0.25) is 5.91 Å². The van der Waals surface area contributed by atoms with Crippen LogP contribution in [0.2, 0.25) is 5.02 Å². The van der Waals surface area contributed by atoms with Gasteiger partial charge < -0.3 is 10.1 Å². The molecular formula is C17H17ClN2O2. The molecule has 0 saturated carbocycles. The van der Waals surface area contributed by atoms with Crippen LogP contribution in [0.15, 0.2) is 36.5 Å². The van der Waals surface area contributed by atoms with E-state index in [1.165, 1.54) is 12.3 Å². The minimum atomic E-state index is -0.246. The Hall–Kier alpha value is -2.33. The Morgan fingerprint density at radius 1 is 1.27 bits per heavy atom. The first kappa shape index (κ1) is 16.0. The summed E-state index contributed by atoms with van der Waals surface area (Å²) in [6.07, 6.45) is 4.76. The van der Waals surface area contributed by atoms with Gasteiger partial charge in [0.15, 0.2) is 0 Å². The summed E-state index contributed by atoms with van der Waals surface area (Å²) >= 11 is 5.75. The topological polar surface area (TPSA) is 51.2 Å². The molecule has 2 aromatic rings. The van der Waals surface area contributed by atoms with Crippen molar-refractivity contribution in [3.8, 4) is 5.75 Å². The summed E-state index contributed by atoms with van der Waals surface area (Å²) in [6.45, 7) is 3.96. The fourth-order valence-electron chi connectivity index (χ4n) is 2.09. The molecule has 1 aromatic heterocycles. The number of carbonyl (C=O) groups is 1. The lowest BCUT2D eigenvalue weighted by atomic mass is 10.0. The van der Waals surface area contributed by atoms with E-state index in [9.17, 15) is 4.79 Å². The number of aromatic nitrogens is 1. The highest BCUT2D eigenvalue weighted by atomic mass is 35.5. The van der Waals surface area contributed by atoms with Gasteiger partial charge in [0.25, 0.3) is 0 Å². The van der Waals surface area contributed by atoms with Gasteiger partial charge in [-0.2, -0.15) is 0 Å². The molecule has 0 aliphatic carbocycles. The number of hydrogen-bond donors (Lipinski definition) is 1. The largest absolute Gasteiger partial charge is 0.497 e. The Morgan fingerprint density at radius 3 is 2.50 bits per heavy atom. The van der Waals surface area contributed by atoms with Gasteiger partial charge in [-0.1, -0.05) is 11.6 Å². The van der Waals surface area contributed by atoms with Crippen LogP contribution in [0.1, 0.15) is 16.7 Å². The first-order valence-corrected chi connectivity index (χ1v) is 7.13. The van der Waals surface area contributed by atoms with E-state index < -0.39 is 0 Å². The van der Waals surface area contributed by atoms with Gasteiger partial charge in [-0.15, -0.1) is 0 Å². The number of carbonyl (C=O) groups excluding carboxylic acids is 1. The van der Waals surface area contributed by atoms with Gasteiger partial charge in [0, 0.05) is 12.3 Å². The predicted molar refractivity (Wildman–Crippen MR) is 89.4 cm³/mol. The number of methoxy groups -OCH3 is 1. The number of benzene rings is 1. The number of hydrogen-bond acceptors (Lipinski definition) is 3. The minimum absolute atomic E-state index is 0.246. The SMILES string of the molecule is COc1cc(C)c(/C=C/C(=O)Nc2ccc(Cl)cn2)c(C)c1. The fraction of sp³-hybridized carbons (Fsp3) is 0.176. The van der Waals surface area contributed by atoms with Crippen molar-refractivity contribution in [3.63, 3.8) is 0 Å². The fourth-order valence-corrected chi connectivity index (χ4v) is 2.20. The number of pyridine rings is 1. The molecule has 0 fully saturated rings. The first-order valence-electron chi connectivity index (χ1n) is 6.75. The van der Waals surface area contributed by atoms with Crippen LogP contribution in [-0.4, -0.2) is 18.0 Å². The second-order valence-corrected chi connectivity index (χ2v) is 5.30. The lowest BCUT2D eigenvalue weighted by Crippen LogP contribution is -2.09. The van der Waals surface area contributed by atoms with Crippen molar-refractivity contribution in [1.29, 1.82) is 0 Å². The van der Waals surface area contributed by atoms with Gasteiger partial charge in [-0.3, -0.25) is 4.79 Å². The number of amides is 1. The molecule has 22 heavy (non-hydrogen) atoms. The summed E-state index contributed by atoms with van der Waals surface area (Å²) in [5.74, 6) is 1.02. The molecular weight excluding hydrogens is 300 g/mol. The Balaban J connectivity index is 2.11. The molecule has 0 aliphatic heterocycles. The highest BCUT2D eigenvalue weighted by Gasteiger charge is 2.04. The number of rotatable bonds is 4. The predicted octanol–water partition coefficient (Wildman–Crippen LogP) is 4.01. The third kappa shape index (κ3) is 4.09. The Bertz CT molecular complexity index is 686. The molecule has 1 aromatic carbocycles. The van der Waals surface area contributed by atoms with Crippen molar-refractivity contribution in [2.24, 2.45) is 0 Å². The molecule has 0 unspecified atom stereocenters. The van der Waals surface area contributed by atoms with Crippen molar-refractivity contribution in [1.82, 2.24) is 4.98 Å². The van der Waals surface area contributed by atoms with E-state index in [2.05, 4.69) is 10.3 Å². The molecule has 1 amide bonds. The van der Waals surface area contributed by atoms with Crippen LogP contribution in [-0.2, 0) is 4.79 Å². The van der Waals surface area contributed by atoms with Crippen molar-refractivity contribution >= 4 is 29.4 Å². The van der Waals surface area contributed by atoms with E-state index in [1.807, 2.05) is 26.0 Å². The second-order valence-electron chi connectivity index (χ2n) is 4.86. The van der Waals surface area contributed by atoms with Crippen molar-refractivity contribution < 1.29 is 9.53 Å². The summed E-state index contributed by atoms with van der Waals surface area (Å²) in [7, 11) is 1.64. The summed E-state index contributed by atoms with van der Waals surface area (Å²) in [6, 6.07) is 7.19. The van der Waals surface area contributed by atoms with Crippen molar-refractivity contribution in [2.45, 2.75) is 13.8 Å². The normalized spacial score (nSPS) is 10.7. The molecule has 2 rings (SSSR count). The Labute approximate surface area is 134 Å². The highest BCUT2D eigenvalue weighted by molar-refractivity contribution is 6.30. The average molecular weight is 317 g/mol. The highest BCUT2D eigenvalue weighted by Crippen LogP contribution is 2.22. The standard InChI is InChI=1S/C17H17ClN2O2/c1-11-8-14(22-3)9-12(2)15(11)5-7-17(21)20-16-6-4-13(18)10-19-16/h4-10H,1-3H3,(H,19,20,21)/b7-5+. The van der Waals surface area contributed by atoms with Gasteiger partial charge >= 0.3 is 0 Å². The number of anilines is 1. The van der Waals surface area contributed by atoms with Crippen molar-refractivity contribution in [3.05, 3.63) is 58.3 Å². The third-order valence-electron chi connectivity index (χ3n) is 3.18. The molecule has 114 valence electrons. The average Bonchev–Trinajstić information content (AvgIpc) is 2.48. The zero-order valence-electron chi connectivity index (χ0n) is 12.7. The van der Waals surface area contributed by atoms with Crippen LogP contribution in [0.25, 0.3) is 6.08 Å². The van der Waals surface area contributed by atoms with Gasteiger partial charge in [0.05, 0.1) is 12.1 Å². The van der Waals surface area contributed by atoms with E-state index >= 15 is 0 Å². The maximum atomic E-state index is 11.9. The Kier molecular flexibility index (Phi) is 5.17. The monoisotopic (exact) mass is 316 g/mol. The van der Waals surface area contributed by atoms with Gasteiger partial charge in [0.1, 0.15) is 11.6 Å². The molecule has 0 aliphatic rings. The zero-order valence-corrected chi connectivity index (χ0v) is 13.4. The van der Waals surface area contributed by atoms with Crippen LogP contribution in [0, 0.1) is 13.8 Å². The van der Waals surface area contributed by atoms with Crippen LogP contribution in [0.4, 0.5) is 5.82 Å². The summed E-state index contributed by atoms with van der Waals surface area (Å²) in [5, 5.41) is 3.21. The molecule has 5 heteroatoms. The zero-order chi connectivity index (χ0) is 16.1. The van der Waals surface area contributed by atoms with E-state index in [4.69, 9.17) is 16.3 Å². The van der Waals surface area contributed by atoms with Crippen LogP contribution >= 0.6 is 11.6 Å². The Morgan fingerprint density at radius 2 is 1.95 bits per heavy atom. The molecule has 0 bridgehead atoms. The number of halogens is 1. The van der Waals surface area contributed by atoms with Gasteiger partial charge in [-0.05, 0) is 60.9 Å². The summed E-state index contributed by atoms with van der Waals surface area (Å²) < 4.78 is 5.22.